The molecular weight excluding hydrogens is 273 g/mol. The molecule has 6 heteroatoms. The zero-order valence-electron chi connectivity index (χ0n) is 11.8. The first-order valence-electron chi connectivity index (χ1n) is 7.16. The Hall–Kier alpha value is -1.95. The Morgan fingerprint density at radius 2 is 2.19 bits per heavy atom. The highest BCUT2D eigenvalue weighted by Crippen LogP contribution is 2.26. The minimum absolute atomic E-state index is 0.0650. The number of hydrogen-bond acceptors (Lipinski definition) is 3. The average Bonchev–Trinajstić information content (AvgIpc) is 2.89. The van der Waals surface area contributed by atoms with Crippen LogP contribution in [0.1, 0.15) is 31.6 Å². The number of carboxylic acids is 1. The molecule has 1 aromatic carbocycles. The lowest BCUT2D eigenvalue weighted by Gasteiger charge is -2.33. The molecular formula is C15H18FN3O2. The largest absolute Gasteiger partial charge is 0.481 e. The minimum Gasteiger partial charge on any atom is -0.481 e. The maximum atomic E-state index is 13.2. The van der Waals surface area contributed by atoms with E-state index in [9.17, 15) is 9.18 Å². The van der Waals surface area contributed by atoms with Gasteiger partial charge in [0.1, 0.15) is 11.6 Å². The van der Waals surface area contributed by atoms with Crippen molar-refractivity contribution < 1.29 is 14.3 Å². The third kappa shape index (κ3) is 2.76. The van der Waals surface area contributed by atoms with Gasteiger partial charge in [-0.2, -0.15) is 0 Å². The maximum Gasteiger partial charge on any atom is 0.306 e. The van der Waals surface area contributed by atoms with Crippen LogP contribution < -0.4 is 0 Å². The van der Waals surface area contributed by atoms with E-state index in [1.54, 1.807) is 6.07 Å². The van der Waals surface area contributed by atoms with Gasteiger partial charge in [-0.25, -0.2) is 9.37 Å². The first-order chi connectivity index (χ1) is 10.0. The van der Waals surface area contributed by atoms with Gasteiger partial charge in [-0.1, -0.05) is 0 Å². The summed E-state index contributed by atoms with van der Waals surface area (Å²) in [6.45, 7) is 3.52. The molecule has 0 saturated carbocycles. The van der Waals surface area contributed by atoms with Crippen LogP contribution in [0.2, 0.25) is 0 Å². The van der Waals surface area contributed by atoms with Crippen molar-refractivity contribution in [2.45, 2.75) is 25.8 Å². The number of rotatable bonds is 3. The summed E-state index contributed by atoms with van der Waals surface area (Å²) in [4.78, 5) is 20.9. The molecule has 1 aromatic heterocycles. The first kappa shape index (κ1) is 14.0. The number of piperidine rings is 1. The molecule has 3 rings (SSSR count). The van der Waals surface area contributed by atoms with E-state index in [0.717, 1.165) is 24.4 Å². The number of halogens is 1. The molecule has 1 fully saturated rings. The van der Waals surface area contributed by atoms with Gasteiger partial charge in [0.15, 0.2) is 0 Å². The molecule has 0 spiro atoms. The lowest BCUT2D eigenvalue weighted by atomic mass is 9.96. The number of carbonyl (C=O) groups is 1. The van der Waals surface area contributed by atoms with Crippen molar-refractivity contribution >= 4 is 17.0 Å². The predicted octanol–water partition coefficient (Wildman–Crippen LogP) is 2.56. The molecule has 0 bridgehead atoms. The fourth-order valence-corrected chi connectivity index (χ4v) is 2.91. The van der Waals surface area contributed by atoms with Gasteiger partial charge >= 0.3 is 5.97 Å². The standard InChI is InChI=1S/C15H18FN3O2/c1-9(19-6-4-10(5-7-19)15(20)21)14-17-12-3-2-11(16)8-13(12)18-14/h2-3,8-10H,4-7H2,1H3,(H,17,18)(H,20,21). The second-order valence-electron chi connectivity index (χ2n) is 5.61. The van der Waals surface area contributed by atoms with Crippen molar-refractivity contribution in [1.29, 1.82) is 0 Å². The number of imidazole rings is 1. The van der Waals surface area contributed by atoms with Crippen LogP contribution in [0, 0.1) is 11.7 Å². The van der Waals surface area contributed by atoms with Gasteiger partial charge in [0.2, 0.25) is 0 Å². The lowest BCUT2D eigenvalue weighted by molar-refractivity contribution is -0.143. The third-order valence-electron chi connectivity index (χ3n) is 4.28. The molecule has 1 saturated heterocycles. The summed E-state index contributed by atoms with van der Waals surface area (Å²) in [5, 5.41) is 9.03. The SMILES string of the molecule is CC(c1nc2ccc(F)cc2[nH]1)N1CCC(C(=O)O)CC1. The molecule has 0 amide bonds. The van der Waals surface area contributed by atoms with Gasteiger partial charge in [0.05, 0.1) is 23.0 Å². The number of carboxylic acid groups (broad SMARTS) is 1. The molecule has 21 heavy (non-hydrogen) atoms. The van der Waals surface area contributed by atoms with Crippen molar-refractivity contribution in [3.05, 3.63) is 29.8 Å². The summed E-state index contributed by atoms with van der Waals surface area (Å²) in [7, 11) is 0. The van der Waals surface area contributed by atoms with Crippen molar-refractivity contribution in [2.75, 3.05) is 13.1 Å². The summed E-state index contributed by atoms with van der Waals surface area (Å²) in [5.74, 6) is -0.434. The number of likely N-dealkylation sites (tertiary alicyclic amines) is 1. The summed E-state index contributed by atoms with van der Waals surface area (Å²) < 4.78 is 13.2. The second-order valence-corrected chi connectivity index (χ2v) is 5.61. The Morgan fingerprint density at radius 1 is 1.48 bits per heavy atom. The van der Waals surface area contributed by atoms with Gasteiger partial charge in [0.25, 0.3) is 0 Å². The smallest absolute Gasteiger partial charge is 0.306 e. The van der Waals surface area contributed by atoms with Crippen molar-refractivity contribution in [2.24, 2.45) is 5.92 Å². The molecule has 1 atom stereocenters. The zero-order chi connectivity index (χ0) is 15.0. The molecule has 5 nitrogen and oxygen atoms in total. The Morgan fingerprint density at radius 3 is 2.86 bits per heavy atom. The van der Waals surface area contributed by atoms with Crippen LogP contribution in [0.15, 0.2) is 18.2 Å². The number of benzene rings is 1. The number of fused-ring (bicyclic) bond motifs is 1. The molecule has 0 aliphatic carbocycles. The molecule has 1 aliphatic heterocycles. The average molecular weight is 291 g/mol. The number of aromatic amines is 1. The summed E-state index contributed by atoms with van der Waals surface area (Å²) >= 11 is 0. The Kier molecular flexibility index (Phi) is 3.63. The number of aliphatic carboxylic acids is 1. The van der Waals surface area contributed by atoms with E-state index in [0.29, 0.717) is 18.4 Å². The van der Waals surface area contributed by atoms with Crippen molar-refractivity contribution in [3.8, 4) is 0 Å². The molecule has 0 radical (unpaired) electrons. The molecule has 2 N–H and O–H groups in total. The van der Waals surface area contributed by atoms with Gasteiger partial charge in [-0.3, -0.25) is 9.69 Å². The number of nitrogens with one attached hydrogen (secondary N) is 1. The maximum absolute atomic E-state index is 13.2. The number of nitrogens with zero attached hydrogens (tertiary/aromatic N) is 2. The van der Waals surface area contributed by atoms with Gasteiger partial charge < -0.3 is 10.1 Å². The first-order valence-corrected chi connectivity index (χ1v) is 7.16. The Bertz CT molecular complexity index is 662. The van der Waals surface area contributed by atoms with E-state index in [1.807, 2.05) is 6.92 Å². The van der Waals surface area contributed by atoms with Crippen LogP contribution in [-0.2, 0) is 4.79 Å². The molecule has 1 unspecified atom stereocenters. The molecule has 112 valence electrons. The van der Waals surface area contributed by atoms with Crippen molar-refractivity contribution in [3.63, 3.8) is 0 Å². The van der Waals surface area contributed by atoms with E-state index in [1.165, 1.54) is 12.1 Å². The highest BCUT2D eigenvalue weighted by atomic mass is 19.1. The topological polar surface area (TPSA) is 69.2 Å². The van der Waals surface area contributed by atoms with Crippen LogP contribution in [0.5, 0.6) is 0 Å². The minimum atomic E-state index is -0.707. The second kappa shape index (κ2) is 5.44. The third-order valence-corrected chi connectivity index (χ3v) is 4.28. The van der Waals surface area contributed by atoms with Gasteiger partial charge in [-0.05, 0) is 51.1 Å². The van der Waals surface area contributed by atoms with E-state index < -0.39 is 5.97 Å². The summed E-state index contributed by atoms with van der Waals surface area (Å²) in [6, 6.07) is 4.56. The van der Waals surface area contributed by atoms with E-state index in [4.69, 9.17) is 5.11 Å². The van der Waals surface area contributed by atoms with E-state index in [-0.39, 0.29) is 17.8 Å². The predicted molar refractivity (Wildman–Crippen MR) is 76.4 cm³/mol. The highest BCUT2D eigenvalue weighted by molar-refractivity contribution is 5.75. The Balaban J connectivity index is 1.75. The monoisotopic (exact) mass is 291 g/mol. The van der Waals surface area contributed by atoms with Crippen LogP contribution in [0.25, 0.3) is 11.0 Å². The lowest BCUT2D eigenvalue weighted by Crippen LogP contribution is -2.38. The van der Waals surface area contributed by atoms with E-state index in [2.05, 4.69) is 14.9 Å². The molecule has 2 heterocycles. The van der Waals surface area contributed by atoms with Crippen LogP contribution in [-0.4, -0.2) is 39.0 Å². The van der Waals surface area contributed by atoms with Gasteiger partial charge in [-0.15, -0.1) is 0 Å². The zero-order valence-corrected chi connectivity index (χ0v) is 11.8. The van der Waals surface area contributed by atoms with E-state index >= 15 is 0 Å². The number of hydrogen-bond donors (Lipinski definition) is 2. The fraction of sp³-hybridized carbons (Fsp3) is 0.467. The summed E-state index contributed by atoms with van der Waals surface area (Å²) in [5.41, 5.74) is 1.44. The highest BCUT2D eigenvalue weighted by Gasteiger charge is 2.28. The number of H-pyrrole nitrogens is 1. The number of aromatic nitrogens is 2. The van der Waals surface area contributed by atoms with Crippen molar-refractivity contribution in [1.82, 2.24) is 14.9 Å². The normalized spacial score (nSPS) is 19.0. The quantitative estimate of drug-likeness (QED) is 0.912. The van der Waals surface area contributed by atoms with Gasteiger partial charge in [0, 0.05) is 0 Å². The van der Waals surface area contributed by atoms with Crippen LogP contribution in [0.3, 0.4) is 0 Å². The van der Waals surface area contributed by atoms with Crippen LogP contribution in [0.4, 0.5) is 4.39 Å². The fourth-order valence-electron chi connectivity index (χ4n) is 2.91. The Labute approximate surface area is 121 Å². The molecule has 1 aliphatic rings. The van der Waals surface area contributed by atoms with Crippen LogP contribution >= 0.6 is 0 Å². The molecule has 2 aromatic rings. The summed E-state index contributed by atoms with van der Waals surface area (Å²) in [6.07, 6.45) is 1.32.